The lowest BCUT2D eigenvalue weighted by Gasteiger charge is -2.04. The van der Waals surface area contributed by atoms with Crippen molar-refractivity contribution in [1.29, 1.82) is 0 Å². The maximum Gasteiger partial charge on any atom is 0.322 e. The minimum absolute atomic E-state index is 0.0972. The molecule has 1 aromatic rings. The summed E-state index contributed by atoms with van der Waals surface area (Å²) in [4.78, 5) is 18.5. The summed E-state index contributed by atoms with van der Waals surface area (Å²) in [6, 6.07) is 7.28. The lowest BCUT2D eigenvalue weighted by molar-refractivity contribution is -0.134. The minimum atomic E-state index is -0.889. The van der Waals surface area contributed by atoms with Crippen LogP contribution in [0.15, 0.2) is 34.3 Å². The van der Waals surface area contributed by atoms with Gasteiger partial charge in [-0.1, -0.05) is 0 Å². The van der Waals surface area contributed by atoms with Gasteiger partial charge in [0.25, 0.3) is 0 Å². The van der Waals surface area contributed by atoms with Crippen LogP contribution in [0, 0.1) is 0 Å². The fourth-order valence-electron chi connectivity index (χ4n) is 1.22. The number of amidine groups is 1. The van der Waals surface area contributed by atoms with Crippen molar-refractivity contribution < 1.29 is 9.90 Å². The van der Waals surface area contributed by atoms with E-state index in [1.165, 1.54) is 0 Å². The summed E-state index contributed by atoms with van der Waals surface area (Å²) in [5, 5.41) is 11.3. The molecule has 0 aliphatic carbocycles. The minimum Gasteiger partial charge on any atom is -0.480 e. The van der Waals surface area contributed by atoms with Gasteiger partial charge in [0.2, 0.25) is 0 Å². The average Bonchev–Trinajstić information content (AvgIpc) is 2.34. The molecule has 0 aromatic heterocycles. The van der Waals surface area contributed by atoms with E-state index in [1.54, 1.807) is 23.4 Å². The van der Waals surface area contributed by atoms with E-state index >= 15 is 0 Å². The van der Waals surface area contributed by atoms with Gasteiger partial charge in [0.1, 0.15) is 6.54 Å². The van der Waals surface area contributed by atoms with Crippen LogP contribution in [0.1, 0.15) is 5.56 Å². The predicted octanol–water partition coefficient (Wildman–Crippen LogP) is 2.02. The fraction of sp³-hybridized carbons (Fsp3) is 0.182. The first-order valence-corrected chi connectivity index (χ1v) is 6.07. The number of carboxylic acid groups (broad SMARTS) is 1. The highest BCUT2D eigenvalue weighted by atomic mass is 127. The Labute approximate surface area is 113 Å². The number of halogens is 1. The Hall–Kier alpha value is -1.44. The maximum atomic E-state index is 10.4. The number of nitrogens with one attached hydrogen (secondary N) is 1. The molecule has 0 aliphatic heterocycles. The van der Waals surface area contributed by atoms with Gasteiger partial charge in [-0.3, -0.25) is 9.79 Å². The molecule has 6 heteroatoms. The van der Waals surface area contributed by atoms with Crippen molar-refractivity contribution in [3.8, 4) is 0 Å². The summed E-state index contributed by atoms with van der Waals surface area (Å²) in [6.07, 6.45) is 0. The molecule has 0 aliphatic rings. The van der Waals surface area contributed by atoms with Crippen LogP contribution in [0.3, 0.4) is 0 Å². The molecule has 0 atom stereocenters. The lowest BCUT2D eigenvalue weighted by Crippen LogP contribution is -2.12. The fourth-order valence-corrected chi connectivity index (χ4v) is 1.49. The first-order valence-electron chi connectivity index (χ1n) is 4.83. The second kappa shape index (κ2) is 7.00. The Morgan fingerprint density at radius 3 is 2.59 bits per heavy atom. The Kier molecular flexibility index (Phi) is 5.61. The van der Waals surface area contributed by atoms with Crippen LogP contribution in [0.5, 0.6) is 0 Å². The van der Waals surface area contributed by atoms with Crippen molar-refractivity contribution in [3.05, 3.63) is 29.8 Å². The van der Waals surface area contributed by atoms with E-state index in [4.69, 9.17) is 5.11 Å². The number of carbonyl (C=O) groups is 1. The van der Waals surface area contributed by atoms with E-state index in [2.05, 4.69) is 15.3 Å². The molecule has 0 radical (unpaired) electrons. The maximum absolute atomic E-state index is 10.4. The molecule has 0 spiro atoms. The molecule has 0 saturated carbocycles. The topological polar surface area (TPSA) is 74.0 Å². The zero-order chi connectivity index (χ0) is 12.7. The SMILES string of the molecule is CN=C(N=CI)c1ccc(NCC(=O)O)cc1. The zero-order valence-electron chi connectivity index (χ0n) is 9.22. The smallest absolute Gasteiger partial charge is 0.322 e. The highest BCUT2D eigenvalue weighted by Crippen LogP contribution is 2.10. The molecule has 0 amide bonds. The van der Waals surface area contributed by atoms with Crippen LogP contribution < -0.4 is 5.32 Å². The van der Waals surface area contributed by atoms with Gasteiger partial charge in [-0.25, -0.2) is 4.99 Å². The highest BCUT2D eigenvalue weighted by molar-refractivity contribution is 14.1. The Morgan fingerprint density at radius 2 is 2.12 bits per heavy atom. The molecule has 0 saturated heterocycles. The van der Waals surface area contributed by atoms with E-state index in [1.807, 2.05) is 34.7 Å². The molecule has 0 heterocycles. The number of rotatable bonds is 4. The summed E-state index contributed by atoms with van der Waals surface area (Å²) in [6.45, 7) is -0.0972. The second-order valence-electron chi connectivity index (χ2n) is 3.10. The third-order valence-corrected chi connectivity index (χ3v) is 2.25. The largest absolute Gasteiger partial charge is 0.480 e. The van der Waals surface area contributed by atoms with Gasteiger partial charge in [0.05, 0.1) is 4.22 Å². The van der Waals surface area contributed by atoms with E-state index in [9.17, 15) is 4.79 Å². The Bertz CT molecular complexity index is 441. The van der Waals surface area contributed by atoms with Crippen molar-refractivity contribution in [2.45, 2.75) is 0 Å². The van der Waals surface area contributed by atoms with E-state index in [0.717, 1.165) is 11.3 Å². The number of aliphatic imine (C=N–C) groups is 2. The monoisotopic (exact) mass is 345 g/mol. The van der Waals surface area contributed by atoms with Crippen LogP contribution in [-0.4, -0.2) is 34.7 Å². The quantitative estimate of drug-likeness (QED) is 0.498. The van der Waals surface area contributed by atoms with Gasteiger partial charge in [-0.15, -0.1) is 0 Å². The normalized spacial score (nSPS) is 11.8. The molecule has 17 heavy (non-hydrogen) atoms. The van der Waals surface area contributed by atoms with Gasteiger partial charge in [-0.2, -0.15) is 0 Å². The number of anilines is 1. The van der Waals surface area contributed by atoms with Crippen LogP contribution in [-0.2, 0) is 4.79 Å². The molecular weight excluding hydrogens is 333 g/mol. The number of aliphatic carboxylic acids is 1. The molecule has 90 valence electrons. The molecule has 1 aromatic carbocycles. The lowest BCUT2D eigenvalue weighted by atomic mass is 10.2. The Morgan fingerprint density at radius 1 is 1.47 bits per heavy atom. The van der Waals surface area contributed by atoms with Crippen molar-refractivity contribution in [2.75, 3.05) is 18.9 Å². The summed E-state index contributed by atoms with van der Waals surface area (Å²) >= 11 is 2.03. The number of hydrogen-bond donors (Lipinski definition) is 2. The number of hydrogen-bond acceptors (Lipinski definition) is 3. The van der Waals surface area contributed by atoms with Crippen molar-refractivity contribution in [2.24, 2.45) is 9.98 Å². The van der Waals surface area contributed by atoms with E-state index in [-0.39, 0.29) is 6.54 Å². The number of nitrogens with zero attached hydrogens (tertiary/aromatic N) is 2. The van der Waals surface area contributed by atoms with E-state index < -0.39 is 5.97 Å². The van der Waals surface area contributed by atoms with Gasteiger partial charge in [0.15, 0.2) is 5.84 Å². The number of carboxylic acids is 1. The summed E-state index contributed by atoms with van der Waals surface area (Å²) in [5.74, 6) is -0.247. The van der Waals surface area contributed by atoms with Gasteiger partial charge in [-0.05, 0) is 46.9 Å². The van der Waals surface area contributed by atoms with Crippen molar-refractivity contribution in [1.82, 2.24) is 0 Å². The molecule has 0 bridgehead atoms. The van der Waals surface area contributed by atoms with Crippen LogP contribution >= 0.6 is 22.6 Å². The van der Waals surface area contributed by atoms with E-state index in [0.29, 0.717) is 5.84 Å². The number of benzene rings is 1. The molecule has 2 N–H and O–H groups in total. The second-order valence-corrected chi connectivity index (χ2v) is 3.66. The van der Waals surface area contributed by atoms with Crippen molar-refractivity contribution in [3.63, 3.8) is 0 Å². The third kappa shape index (κ3) is 4.51. The molecule has 1 rings (SSSR count). The van der Waals surface area contributed by atoms with Crippen LogP contribution in [0.2, 0.25) is 0 Å². The summed E-state index contributed by atoms with van der Waals surface area (Å²) in [7, 11) is 1.68. The first kappa shape index (κ1) is 13.6. The summed E-state index contributed by atoms with van der Waals surface area (Å²) in [5.41, 5.74) is 1.64. The molecular formula is C11H12IN3O2. The predicted molar refractivity (Wildman–Crippen MR) is 77.5 cm³/mol. The van der Waals surface area contributed by atoms with Crippen molar-refractivity contribution >= 4 is 44.3 Å². The standard InChI is InChI=1S/C11H12IN3O2/c1-13-11(15-7-12)8-2-4-9(5-3-8)14-6-10(16)17/h2-5,7,14H,6H2,1H3,(H,16,17). The molecule has 0 unspecified atom stereocenters. The van der Waals surface area contributed by atoms with Gasteiger partial charge >= 0.3 is 5.97 Å². The average molecular weight is 345 g/mol. The third-order valence-electron chi connectivity index (χ3n) is 1.97. The zero-order valence-corrected chi connectivity index (χ0v) is 11.4. The highest BCUT2D eigenvalue weighted by Gasteiger charge is 2.01. The Balaban J connectivity index is 2.77. The van der Waals surface area contributed by atoms with Gasteiger partial charge in [0, 0.05) is 18.3 Å². The van der Waals surface area contributed by atoms with Gasteiger partial charge < -0.3 is 10.4 Å². The molecule has 0 fully saturated rings. The van der Waals surface area contributed by atoms with Crippen LogP contribution in [0.25, 0.3) is 0 Å². The summed E-state index contributed by atoms with van der Waals surface area (Å²) < 4.78 is 1.65. The first-order chi connectivity index (χ1) is 8.17. The molecule has 5 nitrogen and oxygen atoms in total. The van der Waals surface area contributed by atoms with Crippen LogP contribution in [0.4, 0.5) is 5.69 Å².